The van der Waals surface area contributed by atoms with E-state index in [1.165, 1.54) is 5.56 Å². The third-order valence-corrected chi connectivity index (χ3v) is 4.51. The molecular formula is C18H33IN6O. The lowest BCUT2D eigenvalue weighted by atomic mass is 10.0. The Labute approximate surface area is 174 Å². The van der Waals surface area contributed by atoms with Crippen LogP contribution in [0.5, 0.6) is 0 Å². The Balaban J connectivity index is 0.00000338. The molecule has 1 aliphatic heterocycles. The highest BCUT2D eigenvalue weighted by molar-refractivity contribution is 14.0. The van der Waals surface area contributed by atoms with Crippen molar-refractivity contribution in [2.24, 2.45) is 4.99 Å². The topological polar surface area (TPSA) is 65.0 Å². The number of rotatable bonds is 6. The third-order valence-electron chi connectivity index (χ3n) is 4.51. The summed E-state index contributed by atoms with van der Waals surface area (Å²) in [7, 11) is 5.79. The average molecular weight is 476 g/mol. The van der Waals surface area contributed by atoms with Gasteiger partial charge >= 0.3 is 0 Å². The van der Waals surface area contributed by atoms with E-state index in [0.717, 1.165) is 44.6 Å². The molecule has 26 heavy (non-hydrogen) atoms. The van der Waals surface area contributed by atoms with Crippen molar-refractivity contribution in [3.8, 4) is 0 Å². The SMILES string of the molecule is CN=C(NCc1ccnc(N(C)C)c1)NCC(C)(C)N1CCOCC1.I. The molecule has 2 heterocycles. The van der Waals surface area contributed by atoms with E-state index in [1.807, 2.05) is 31.3 Å². The summed E-state index contributed by atoms with van der Waals surface area (Å²) in [4.78, 5) is 13.1. The second kappa shape index (κ2) is 10.9. The van der Waals surface area contributed by atoms with E-state index in [9.17, 15) is 0 Å². The predicted octanol–water partition coefficient (Wildman–Crippen LogP) is 1.54. The molecule has 1 saturated heterocycles. The fraction of sp³-hybridized carbons (Fsp3) is 0.667. The summed E-state index contributed by atoms with van der Waals surface area (Å²) in [6.07, 6.45) is 1.84. The Kier molecular flexibility index (Phi) is 9.59. The van der Waals surface area contributed by atoms with Gasteiger partial charge in [-0.25, -0.2) is 4.98 Å². The number of nitrogens with zero attached hydrogens (tertiary/aromatic N) is 4. The highest BCUT2D eigenvalue weighted by atomic mass is 127. The zero-order valence-corrected chi connectivity index (χ0v) is 18.9. The molecule has 1 fully saturated rings. The number of hydrogen-bond donors (Lipinski definition) is 2. The van der Waals surface area contributed by atoms with Gasteiger partial charge in [0.25, 0.3) is 0 Å². The second-order valence-electron chi connectivity index (χ2n) is 7.11. The van der Waals surface area contributed by atoms with E-state index in [0.29, 0.717) is 6.54 Å². The van der Waals surface area contributed by atoms with E-state index in [2.05, 4.69) is 45.4 Å². The van der Waals surface area contributed by atoms with E-state index in [4.69, 9.17) is 4.74 Å². The number of guanidine groups is 1. The second-order valence-corrected chi connectivity index (χ2v) is 7.11. The van der Waals surface area contributed by atoms with Crippen LogP contribution in [0.15, 0.2) is 23.3 Å². The van der Waals surface area contributed by atoms with Gasteiger partial charge in [-0.3, -0.25) is 9.89 Å². The van der Waals surface area contributed by atoms with Crippen molar-refractivity contribution < 1.29 is 4.74 Å². The van der Waals surface area contributed by atoms with Crippen molar-refractivity contribution in [3.05, 3.63) is 23.9 Å². The summed E-state index contributed by atoms with van der Waals surface area (Å²) in [5, 5.41) is 6.82. The van der Waals surface area contributed by atoms with Crippen molar-refractivity contribution >= 4 is 35.8 Å². The van der Waals surface area contributed by atoms with E-state index in [1.54, 1.807) is 7.05 Å². The molecule has 0 radical (unpaired) electrons. The molecule has 1 aromatic rings. The minimum atomic E-state index is 0. The number of halogens is 1. The van der Waals surface area contributed by atoms with Crippen LogP contribution in [0.3, 0.4) is 0 Å². The van der Waals surface area contributed by atoms with Gasteiger partial charge in [0, 0.05) is 59.1 Å². The first-order valence-electron chi connectivity index (χ1n) is 8.82. The van der Waals surface area contributed by atoms with Gasteiger partial charge in [0.05, 0.1) is 13.2 Å². The van der Waals surface area contributed by atoms with Crippen LogP contribution in [-0.4, -0.2) is 75.4 Å². The minimum absolute atomic E-state index is 0. The molecule has 0 amide bonds. The van der Waals surface area contributed by atoms with Gasteiger partial charge < -0.3 is 20.3 Å². The molecule has 0 unspecified atom stereocenters. The van der Waals surface area contributed by atoms with Gasteiger partial charge in [0.1, 0.15) is 5.82 Å². The molecule has 1 aliphatic rings. The largest absolute Gasteiger partial charge is 0.379 e. The standard InChI is InChI=1S/C18H32N6O.HI/c1-18(2,24-8-10-25-11-9-24)14-22-17(19-3)21-13-15-6-7-20-16(12-15)23(4)5;/h6-7,12H,8-11,13-14H2,1-5H3,(H2,19,21,22);1H. The molecule has 0 spiro atoms. The van der Waals surface area contributed by atoms with Gasteiger partial charge in [-0.2, -0.15) is 0 Å². The molecule has 0 saturated carbocycles. The summed E-state index contributed by atoms with van der Waals surface area (Å²) < 4.78 is 5.45. The quantitative estimate of drug-likeness (QED) is 0.369. The first-order valence-corrected chi connectivity index (χ1v) is 8.82. The highest BCUT2D eigenvalue weighted by Gasteiger charge is 2.28. The van der Waals surface area contributed by atoms with E-state index >= 15 is 0 Å². The van der Waals surface area contributed by atoms with Crippen LogP contribution in [0.25, 0.3) is 0 Å². The van der Waals surface area contributed by atoms with Gasteiger partial charge in [-0.1, -0.05) is 0 Å². The number of hydrogen-bond acceptors (Lipinski definition) is 5. The van der Waals surface area contributed by atoms with Crippen LogP contribution in [0, 0.1) is 0 Å². The Hall–Kier alpha value is -1.13. The van der Waals surface area contributed by atoms with E-state index in [-0.39, 0.29) is 29.5 Å². The molecule has 2 rings (SSSR count). The maximum Gasteiger partial charge on any atom is 0.191 e. The lowest BCUT2D eigenvalue weighted by Crippen LogP contribution is -2.56. The first kappa shape index (κ1) is 22.9. The number of pyridine rings is 1. The zero-order chi connectivity index (χ0) is 18.3. The summed E-state index contributed by atoms with van der Waals surface area (Å²) in [5.41, 5.74) is 1.23. The van der Waals surface area contributed by atoms with Crippen molar-refractivity contribution in [1.29, 1.82) is 0 Å². The fourth-order valence-corrected chi connectivity index (χ4v) is 2.80. The van der Waals surface area contributed by atoms with Crippen LogP contribution in [-0.2, 0) is 11.3 Å². The molecular weight excluding hydrogens is 443 g/mol. The van der Waals surface area contributed by atoms with Gasteiger partial charge in [0.2, 0.25) is 0 Å². The van der Waals surface area contributed by atoms with Crippen LogP contribution in [0.2, 0.25) is 0 Å². The Morgan fingerprint density at radius 1 is 1.31 bits per heavy atom. The molecule has 1 aromatic heterocycles. The van der Waals surface area contributed by atoms with Crippen LogP contribution < -0.4 is 15.5 Å². The lowest BCUT2D eigenvalue weighted by molar-refractivity contribution is -0.00834. The maximum atomic E-state index is 5.45. The monoisotopic (exact) mass is 476 g/mol. The summed E-state index contributed by atoms with van der Waals surface area (Å²) in [6.45, 7) is 9.62. The van der Waals surface area contributed by atoms with Crippen molar-refractivity contribution in [2.75, 3.05) is 58.9 Å². The normalized spacial score (nSPS) is 16.0. The van der Waals surface area contributed by atoms with Crippen molar-refractivity contribution in [1.82, 2.24) is 20.5 Å². The number of morpholine rings is 1. The Morgan fingerprint density at radius 2 is 2.00 bits per heavy atom. The third kappa shape index (κ3) is 6.88. The molecule has 7 nitrogen and oxygen atoms in total. The average Bonchev–Trinajstić information content (AvgIpc) is 2.63. The predicted molar refractivity (Wildman–Crippen MR) is 119 cm³/mol. The van der Waals surface area contributed by atoms with Gasteiger partial charge in [0.15, 0.2) is 5.96 Å². The molecule has 0 aliphatic carbocycles. The minimum Gasteiger partial charge on any atom is -0.379 e. The van der Waals surface area contributed by atoms with Crippen LogP contribution in [0.1, 0.15) is 19.4 Å². The molecule has 0 aromatic carbocycles. The molecule has 0 bridgehead atoms. The Bertz CT molecular complexity index is 573. The smallest absolute Gasteiger partial charge is 0.191 e. The molecule has 0 atom stereocenters. The summed E-state index contributed by atoms with van der Waals surface area (Å²) in [6, 6.07) is 4.10. The highest BCUT2D eigenvalue weighted by Crippen LogP contribution is 2.15. The molecule has 8 heteroatoms. The van der Waals surface area contributed by atoms with Gasteiger partial charge in [-0.05, 0) is 31.5 Å². The lowest BCUT2D eigenvalue weighted by Gasteiger charge is -2.41. The zero-order valence-electron chi connectivity index (χ0n) is 16.6. The fourth-order valence-electron chi connectivity index (χ4n) is 2.80. The number of anilines is 1. The summed E-state index contributed by atoms with van der Waals surface area (Å²) >= 11 is 0. The maximum absolute atomic E-state index is 5.45. The number of aliphatic imine (C=N–C) groups is 1. The molecule has 2 N–H and O–H groups in total. The number of nitrogens with one attached hydrogen (secondary N) is 2. The first-order chi connectivity index (χ1) is 11.9. The number of aromatic nitrogens is 1. The van der Waals surface area contributed by atoms with Crippen LogP contribution >= 0.6 is 24.0 Å². The van der Waals surface area contributed by atoms with Crippen molar-refractivity contribution in [3.63, 3.8) is 0 Å². The number of ether oxygens (including phenoxy) is 1. The van der Waals surface area contributed by atoms with Gasteiger partial charge in [-0.15, -0.1) is 24.0 Å². The van der Waals surface area contributed by atoms with Crippen LogP contribution in [0.4, 0.5) is 5.82 Å². The Morgan fingerprint density at radius 3 is 2.62 bits per heavy atom. The van der Waals surface area contributed by atoms with Crippen molar-refractivity contribution in [2.45, 2.75) is 25.9 Å². The summed E-state index contributed by atoms with van der Waals surface area (Å²) in [5.74, 6) is 1.76. The molecule has 148 valence electrons. The van der Waals surface area contributed by atoms with E-state index < -0.39 is 0 Å².